The van der Waals surface area contributed by atoms with Gasteiger partial charge in [0, 0.05) is 18.9 Å². The molecule has 1 aromatic carbocycles. The molecule has 2 N–H and O–H groups in total. The molecule has 5 heteroatoms. The first-order valence-electron chi connectivity index (χ1n) is 5.76. The largest absolute Gasteiger partial charge is 0.480 e. The minimum atomic E-state index is -0.873. The van der Waals surface area contributed by atoms with Crippen molar-refractivity contribution < 1.29 is 9.90 Å². The SMILES string of the molecule is O=C(O)C(NCCn1cccn1)c1ccccc1. The highest BCUT2D eigenvalue weighted by Crippen LogP contribution is 2.12. The van der Waals surface area contributed by atoms with Crippen LogP contribution in [0.5, 0.6) is 0 Å². The average Bonchev–Trinajstić information content (AvgIpc) is 2.88. The fraction of sp³-hybridized carbons (Fsp3) is 0.231. The third-order valence-electron chi connectivity index (χ3n) is 2.63. The maximum absolute atomic E-state index is 11.2. The molecule has 1 heterocycles. The molecular formula is C13H15N3O2. The highest BCUT2D eigenvalue weighted by Gasteiger charge is 2.18. The lowest BCUT2D eigenvalue weighted by molar-refractivity contribution is -0.139. The number of carbonyl (C=O) groups is 1. The Kier molecular flexibility index (Phi) is 4.09. The molecule has 0 radical (unpaired) electrons. The summed E-state index contributed by atoms with van der Waals surface area (Å²) in [6.45, 7) is 1.19. The van der Waals surface area contributed by atoms with Crippen molar-refractivity contribution >= 4 is 5.97 Å². The van der Waals surface area contributed by atoms with Crippen molar-refractivity contribution in [2.45, 2.75) is 12.6 Å². The number of carboxylic acid groups (broad SMARTS) is 1. The standard InChI is InChI=1S/C13H15N3O2/c17-13(18)12(11-5-2-1-3-6-11)14-8-10-16-9-4-7-15-16/h1-7,9,12,14H,8,10H2,(H,17,18). The van der Waals surface area contributed by atoms with Gasteiger partial charge in [0.05, 0.1) is 6.54 Å². The van der Waals surface area contributed by atoms with Crippen LogP contribution in [0.15, 0.2) is 48.8 Å². The average molecular weight is 245 g/mol. The van der Waals surface area contributed by atoms with Crippen LogP contribution in [-0.2, 0) is 11.3 Å². The second kappa shape index (κ2) is 5.97. The number of carboxylic acids is 1. The van der Waals surface area contributed by atoms with Crippen molar-refractivity contribution in [3.63, 3.8) is 0 Å². The Labute approximate surface area is 105 Å². The molecular weight excluding hydrogens is 230 g/mol. The molecule has 94 valence electrons. The van der Waals surface area contributed by atoms with Gasteiger partial charge in [-0.3, -0.25) is 14.8 Å². The van der Waals surface area contributed by atoms with Crippen LogP contribution in [0.3, 0.4) is 0 Å². The molecule has 0 aliphatic heterocycles. The van der Waals surface area contributed by atoms with Gasteiger partial charge in [-0.2, -0.15) is 5.10 Å². The first-order chi connectivity index (χ1) is 8.77. The van der Waals surface area contributed by atoms with Crippen molar-refractivity contribution in [3.8, 4) is 0 Å². The molecule has 0 amide bonds. The van der Waals surface area contributed by atoms with Crippen LogP contribution in [0, 0.1) is 0 Å². The van der Waals surface area contributed by atoms with E-state index in [1.807, 2.05) is 30.5 Å². The Morgan fingerprint density at radius 3 is 2.72 bits per heavy atom. The maximum atomic E-state index is 11.2. The van der Waals surface area contributed by atoms with Gasteiger partial charge in [-0.05, 0) is 11.6 Å². The zero-order chi connectivity index (χ0) is 12.8. The number of nitrogens with zero attached hydrogens (tertiary/aromatic N) is 2. The second-order valence-corrected chi connectivity index (χ2v) is 3.91. The first-order valence-corrected chi connectivity index (χ1v) is 5.76. The van der Waals surface area contributed by atoms with Gasteiger partial charge in [0.15, 0.2) is 0 Å². The Morgan fingerprint density at radius 2 is 2.11 bits per heavy atom. The predicted octanol–water partition coefficient (Wildman–Crippen LogP) is 1.30. The quantitative estimate of drug-likeness (QED) is 0.805. The topological polar surface area (TPSA) is 67.2 Å². The maximum Gasteiger partial charge on any atom is 0.325 e. The summed E-state index contributed by atoms with van der Waals surface area (Å²) >= 11 is 0. The zero-order valence-corrected chi connectivity index (χ0v) is 9.86. The molecule has 0 saturated carbocycles. The number of aliphatic carboxylic acids is 1. The van der Waals surface area contributed by atoms with Crippen LogP contribution < -0.4 is 5.32 Å². The highest BCUT2D eigenvalue weighted by molar-refractivity contribution is 5.75. The molecule has 1 unspecified atom stereocenters. The van der Waals surface area contributed by atoms with E-state index in [2.05, 4.69) is 10.4 Å². The number of aromatic nitrogens is 2. The number of benzene rings is 1. The summed E-state index contributed by atoms with van der Waals surface area (Å²) in [7, 11) is 0. The van der Waals surface area contributed by atoms with Crippen LogP contribution in [0.1, 0.15) is 11.6 Å². The van der Waals surface area contributed by atoms with Gasteiger partial charge in [0.1, 0.15) is 6.04 Å². The van der Waals surface area contributed by atoms with Crippen molar-refractivity contribution in [3.05, 3.63) is 54.4 Å². The van der Waals surface area contributed by atoms with E-state index in [4.69, 9.17) is 0 Å². The molecule has 0 saturated heterocycles. The van der Waals surface area contributed by atoms with Crippen molar-refractivity contribution in [1.29, 1.82) is 0 Å². The molecule has 1 aromatic heterocycles. The summed E-state index contributed by atoms with van der Waals surface area (Å²) in [6, 6.07) is 10.3. The van der Waals surface area contributed by atoms with E-state index in [9.17, 15) is 9.90 Å². The molecule has 2 rings (SSSR count). The van der Waals surface area contributed by atoms with Crippen LogP contribution in [0.4, 0.5) is 0 Å². The van der Waals surface area contributed by atoms with E-state index in [0.29, 0.717) is 13.1 Å². The first kappa shape index (κ1) is 12.3. The molecule has 0 fully saturated rings. The van der Waals surface area contributed by atoms with Gasteiger partial charge in [0.25, 0.3) is 0 Å². The highest BCUT2D eigenvalue weighted by atomic mass is 16.4. The van der Waals surface area contributed by atoms with Crippen molar-refractivity contribution in [2.24, 2.45) is 0 Å². The van der Waals surface area contributed by atoms with Gasteiger partial charge >= 0.3 is 5.97 Å². The van der Waals surface area contributed by atoms with Crippen LogP contribution in [0.25, 0.3) is 0 Å². The lowest BCUT2D eigenvalue weighted by Gasteiger charge is -2.14. The van der Waals surface area contributed by atoms with E-state index in [0.717, 1.165) is 5.56 Å². The third kappa shape index (κ3) is 3.18. The Morgan fingerprint density at radius 1 is 1.33 bits per heavy atom. The van der Waals surface area contributed by atoms with Crippen LogP contribution in [0.2, 0.25) is 0 Å². The Balaban J connectivity index is 1.93. The second-order valence-electron chi connectivity index (χ2n) is 3.91. The number of rotatable bonds is 6. The molecule has 5 nitrogen and oxygen atoms in total. The fourth-order valence-corrected chi connectivity index (χ4v) is 1.75. The zero-order valence-electron chi connectivity index (χ0n) is 9.86. The normalized spacial score (nSPS) is 12.2. The van der Waals surface area contributed by atoms with E-state index in [-0.39, 0.29) is 0 Å². The molecule has 0 aliphatic rings. The summed E-state index contributed by atoms with van der Waals surface area (Å²) < 4.78 is 1.76. The lowest BCUT2D eigenvalue weighted by Crippen LogP contribution is -2.31. The Hall–Kier alpha value is -2.14. The van der Waals surface area contributed by atoms with Crippen LogP contribution in [-0.4, -0.2) is 27.4 Å². The Bertz CT molecular complexity index is 482. The molecule has 0 spiro atoms. The van der Waals surface area contributed by atoms with Gasteiger partial charge < -0.3 is 5.11 Å². The molecule has 0 aliphatic carbocycles. The summed E-state index contributed by atoms with van der Waals surface area (Å²) in [5, 5.41) is 16.3. The van der Waals surface area contributed by atoms with E-state index in [1.54, 1.807) is 23.0 Å². The molecule has 2 aromatic rings. The molecule has 1 atom stereocenters. The van der Waals surface area contributed by atoms with Gasteiger partial charge in [-0.25, -0.2) is 0 Å². The van der Waals surface area contributed by atoms with E-state index in [1.165, 1.54) is 0 Å². The van der Waals surface area contributed by atoms with Gasteiger partial charge in [-0.1, -0.05) is 30.3 Å². The summed E-state index contributed by atoms with van der Waals surface area (Å²) in [6.07, 6.45) is 3.55. The fourth-order valence-electron chi connectivity index (χ4n) is 1.75. The predicted molar refractivity (Wildman–Crippen MR) is 67.0 cm³/mol. The van der Waals surface area contributed by atoms with Crippen molar-refractivity contribution in [2.75, 3.05) is 6.54 Å². The molecule has 18 heavy (non-hydrogen) atoms. The number of nitrogens with one attached hydrogen (secondary N) is 1. The van der Waals surface area contributed by atoms with E-state index >= 15 is 0 Å². The summed E-state index contributed by atoms with van der Waals surface area (Å²) in [5.41, 5.74) is 0.755. The molecule has 0 bridgehead atoms. The number of hydrogen-bond acceptors (Lipinski definition) is 3. The van der Waals surface area contributed by atoms with Gasteiger partial charge in [-0.15, -0.1) is 0 Å². The minimum absolute atomic E-state index is 0.549. The van der Waals surface area contributed by atoms with Crippen LogP contribution >= 0.6 is 0 Å². The summed E-state index contributed by atoms with van der Waals surface area (Å²) in [4.78, 5) is 11.2. The lowest BCUT2D eigenvalue weighted by atomic mass is 10.1. The third-order valence-corrected chi connectivity index (χ3v) is 2.63. The number of hydrogen-bond donors (Lipinski definition) is 2. The smallest absolute Gasteiger partial charge is 0.325 e. The summed E-state index contributed by atoms with van der Waals surface area (Å²) in [5.74, 6) is -0.873. The van der Waals surface area contributed by atoms with Crippen molar-refractivity contribution in [1.82, 2.24) is 15.1 Å². The van der Waals surface area contributed by atoms with E-state index < -0.39 is 12.0 Å². The minimum Gasteiger partial charge on any atom is -0.480 e. The van der Waals surface area contributed by atoms with Gasteiger partial charge in [0.2, 0.25) is 0 Å². The monoisotopic (exact) mass is 245 g/mol.